The van der Waals surface area contributed by atoms with E-state index in [9.17, 15) is 0 Å². The normalized spacial score (nSPS) is 27.1. The van der Waals surface area contributed by atoms with Crippen LogP contribution >= 0.6 is 11.3 Å². The van der Waals surface area contributed by atoms with Gasteiger partial charge in [-0.2, -0.15) is 0 Å². The first-order valence-electron chi connectivity index (χ1n) is 8.16. The molecule has 1 saturated carbocycles. The molecule has 3 unspecified atom stereocenters. The molecule has 2 heterocycles. The van der Waals surface area contributed by atoms with Crippen LogP contribution in [0.25, 0.3) is 0 Å². The predicted octanol–water partition coefficient (Wildman–Crippen LogP) is 5.21. The first kappa shape index (κ1) is 14.3. The first-order valence-corrected chi connectivity index (χ1v) is 8.97. The molecule has 2 aromatic rings. The van der Waals surface area contributed by atoms with E-state index in [1.165, 1.54) is 41.7 Å². The molecule has 1 aliphatic heterocycles. The Hall–Kier alpha value is -1.32. The second-order valence-electron chi connectivity index (χ2n) is 6.40. The number of rotatable bonds is 2. The van der Waals surface area contributed by atoms with Gasteiger partial charge in [-0.15, -0.1) is 11.3 Å². The molecule has 22 heavy (non-hydrogen) atoms. The van der Waals surface area contributed by atoms with Crippen LogP contribution in [0, 0.1) is 6.92 Å². The summed E-state index contributed by atoms with van der Waals surface area (Å²) in [7, 11) is 1.71. The van der Waals surface area contributed by atoms with Crippen LogP contribution in [-0.2, 0) is 4.74 Å². The third kappa shape index (κ3) is 2.37. The van der Waals surface area contributed by atoms with Gasteiger partial charge in [0.05, 0.1) is 13.2 Å². The van der Waals surface area contributed by atoms with Crippen molar-refractivity contribution in [1.82, 2.24) is 0 Å². The fraction of sp³-hybridized carbons (Fsp3) is 0.474. The van der Waals surface area contributed by atoms with Crippen molar-refractivity contribution in [3.05, 3.63) is 51.2 Å². The molecule has 0 spiro atoms. The van der Waals surface area contributed by atoms with Gasteiger partial charge in [-0.1, -0.05) is 25.0 Å². The third-order valence-electron chi connectivity index (χ3n) is 4.97. The number of ether oxygens (including phenoxy) is 2. The van der Waals surface area contributed by atoms with Crippen molar-refractivity contribution < 1.29 is 9.47 Å². The fourth-order valence-corrected chi connectivity index (χ4v) is 5.13. The van der Waals surface area contributed by atoms with Crippen molar-refractivity contribution in [2.24, 2.45) is 0 Å². The minimum absolute atomic E-state index is 0.0882. The average Bonchev–Trinajstić information content (AvgIpc) is 2.96. The zero-order chi connectivity index (χ0) is 15.1. The number of aryl methyl sites for hydroxylation is 1. The van der Waals surface area contributed by atoms with Crippen LogP contribution in [0.5, 0.6) is 5.75 Å². The van der Waals surface area contributed by atoms with Gasteiger partial charge in [-0.3, -0.25) is 0 Å². The van der Waals surface area contributed by atoms with Gasteiger partial charge in [0.25, 0.3) is 0 Å². The second-order valence-corrected chi connectivity index (χ2v) is 7.68. The number of methoxy groups -OCH3 is 1. The Morgan fingerprint density at radius 2 is 1.91 bits per heavy atom. The number of hydrogen-bond donors (Lipinski definition) is 0. The first-order chi connectivity index (χ1) is 10.8. The van der Waals surface area contributed by atoms with Crippen molar-refractivity contribution in [2.45, 2.75) is 50.7 Å². The van der Waals surface area contributed by atoms with E-state index in [4.69, 9.17) is 9.47 Å². The second kappa shape index (κ2) is 5.71. The summed E-state index contributed by atoms with van der Waals surface area (Å²) >= 11 is 1.98. The smallest absolute Gasteiger partial charge is 0.118 e. The summed E-state index contributed by atoms with van der Waals surface area (Å²) in [6.07, 6.45) is 5.61. The predicted molar refractivity (Wildman–Crippen MR) is 90.0 cm³/mol. The van der Waals surface area contributed by atoms with E-state index >= 15 is 0 Å². The van der Waals surface area contributed by atoms with Crippen molar-refractivity contribution in [1.29, 1.82) is 0 Å². The third-order valence-corrected chi connectivity index (χ3v) is 6.16. The number of benzene rings is 1. The lowest BCUT2D eigenvalue weighted by Gasteiger charge is -2.39. The van der Waals surface area contributed by atoms with Crippen LogP contribution in [0.2, 0.25) is 0 Å². The van der Waals surface area contributed by atoms with Gasteiger partial charge in [-0.25, -0.2) is 0 Å². The summed E-state index contributed by atoms with van der Waals surface area (Å²) in [6, 6.07) is 10.7. The molecule has 2 aliphatic rings. The lowest BCUT2D eigenvalue weighted by molar-refractivity contribution is -0.0374. The highest BCUT2D eigenvalue weighted by Crippen LogP contribution is 2.49. The van der Waals surface area contributed by atoms with Crippen molar-refractivity contribution in [3.63, 3.8) is 0 Å². The summed E-state index contributed by atoms with van der Waals surface area (Å²) in [5, 5.41) is 0. The Labute approximate surface area is 136 Å². The highest BCUT2D eigenvalue weighted by Gasteiger charge is 2.39. The van der Waals surface area contributed by atoms with Gasteiger partial charge in [0.2, 0.25) is 0 Å². The summed E-state index contributed by atoms with van der Waals surface area (Å²) in [5.74, 6) is 1.52. The summed E-state index contributed by atoms with van der Waals surface area (Å²) in [4.78, 5) is 2.98. The van der Waals surface area contributed by atoms with Crippen molar-refractivity contribution >= 4 is 11.3 Å². The molecule has 0 saturated heterocycles. The molecular weight excluding hydrogens is 292 g/mol. The molecule has 4 rings (SSSR count). The van der Waals surface area contributed by atoms with E-state index in [1.54, 1.807) is 12.0 Å². The van der Waals surface area contributed by atoms with Crippen LogP contribution in [0.15, 0.2) is 30.3 Å². The number of fused-ring (bicyclic) bond motifs is 3. The van der Waals surface area contributed by atoms with Gasteiger partial charge in [-0.05, 0) is 49.1 Å². The van der Waals surface area contributed by atoms with Crippen LogP contribution < -0.4 is 4.74 Å². The van der Waals surface area contributed by atoms with Gasteiger partial charge >= 0.3 is 0 Å². The summed E-state index contributed by atoms with van der Waals surface area (Å²) in [5.41, 5.74) is 2.64. The van der Waals surface area contributed by atoms with Gasteiger partial charge in [0, 0.05) is 15.7 Å². The monoisotopic (exact) mass is 314 g/mol. The van der Waals surface area contributed by atoms with Gasteiger partial charge < -0.3 is 9.47 Å². The minimum Gasteiger partial charge on any atom is -0.497 e. The lowest BCUT2D eigenvalue weighted by Crippen LogP contribution is -2.32. The topological polar surface area (TPSA) is 18.5 Å². The van der Waals surface area contributed by atoms with E-state index < -0.39 is 0 Å². The zero-order valence-electron chi connectivity index (χ0n) is 13.2. The molecule has 1 fully saturated rings. The van der Waals surface area contributed by atoms with E-state index in [0.29, 0.717) is 12.0 Å². The molecule has 116 valence electrons. The molecule has 0 amide bonds. The van der Waals surface area contributed by atoms with E-state index in [0.717, 1.165) is 5.75 Å². The molecule has 1 aromatic carbocycles. The molecule has 3 atom stereocenters. The largest absolute Gasteiger partial charge is 0.497 e. The molecule has 3 heteroatoms. The Morgan fingerprint density at radius 1 is 1.14 bits per heavy atom. The molecule has 1 aromatic heterocycles. The molecule has 0 radical (unpaired) electrons. The molecule has 1 aliphatic carbocycles. The highest BCUT2D eigenvalue weighted by molar-refractivity contribution is 7.12. The molecule has 0 bridgehead atoms. The molecule has 2 nitrogen and oxygen atoms in total. The van der Waals surface area contributed by atoms with Crippen LogP contribution in [0.4, 0.5) is 0 Å². The maximum Gasteiger partial charge on any atom is 0.118 e. The number of thiophene rings is 1. The Morgan fingerprint density at radius 3 is 2.68 bits per heavy atom. The number of hydrogen-bond acceptors (Lipinski definition) is 3. The van der Waals surface area contributed by atoms with Gasteiger partial charge in [0.15, 0.2) is 0 Å². The summed E-state index contributed by atoms with van der Waals surface area (Å²) in [6.45, 7) is 2.21. The zero-order valence-corrected chi connectivity index (χ0v) is 14.0. The van der Waals surface area contributed by atoms with Crippen molar-refractivity contribution in [2.75, 3.05) is 7.11 Å². The Bertz CT molecular complexity index is 659. The van der Waals surface area contributed by atoms with Gasteiger partial charge in [0.1, 0.15) is 11.9 Å². The maximum absolute atomic E-state index is 6.56. The minimum atomic E-state index is 0.0882. The van der Waals surface area contributed by atoms with E-state index in [-0.39, 0.29) is 6.10 Å². The Kier molecular flexibility index (Phi) is 3.71. The lowest BCUT2D eigenvalue weighted by atomic mass is 9.80. The maximum atomic E-state index is 6.56. The van der Waals surface area contributed by atoms with Crippen molar-refractivity contribution in [3.8, 4) is 5.75 Å². The molecule has 0 N–H and O–H groups in total. The summed E-state index contributed by atoms with van der Waals surface area (Å²) < 4.78 is 11.8. The van der Waals surface area contributed by atoms with E-state index in [1.807, 2.05) is 23.5 Å². The Balaban J connectivity index is 1.74. The highest BCUT2D eigenvalue weighted by atomic mass is 32.1. The average molecular weight is 314 g/mol. The standard InChI is InChI=1S/C19H22O2S/c1-12-11-16-18(13-7-9-14(20-2)10-8-13)21-17-6-4-3-5-15(17)19(16)22-12/h7-11,15,17-18H,3-6H2,1-2H3. The SMILES string of the molecule is COc1ccc(C2OC3CCCCC3c3sc(C)cc32)cc1. The van der Waals surface area contributed by atoms with E-state index in [2.05, 4.69) is 25.1 Å². The fourth-order valence-electron chi connectivity index (χ4n) is 3.89. The molecular formula is C19H22O2S. The quantitative estimate of drug-likeness (QED) is 0.757. The van der Waals surface area contributed by atoms with Crippen LogP contribution in [-0.4, -0.2) is 13.2 Å². The van der Waals surface area contributed by atoms with Crippen LogP contribution in [0.1, 0.15) is 58.6 Å². The van der Waals surface area contributed by atoms with Crippen LogP contribution in [0.3, 0.4) is 0 Å².